The van der Waals surface area contributed by atoms with Gasteiger partial charge in [0.2, 0.25) is 0 Å². The predicted octanol–water partition coefficient (Wildman–Crippen LogP) is 3.45. The molecule has 0 saturated carbocycles. The number of halogens is 1. The third-order valence-corrected chi connectivity index (χ3v) is 3.50. The zero-order valence-corrected chi connectivity index (χ0v) is 11.9. The van der Waals surface area contributed by atoms with Crippen LogP contribution in [0.15, 0.2) is 36.4 Å². The number of ether oxygens (including phenoxy) is 1. The number of rotatable bonds is 3. The molecule has 2 N–H and O–H groups in total. The summed E-state index contributed by atoms with van der Waals surface area (Å²) in [6.45, 7) is 2.69. The molecule has 0 saturated heterocycles. The van der Waals surface area contributed by atoms with E-state index in [2.05, 4.69) is 4.98 Å². The second-order valence-electron chi connectivity index (χ2n) is 4.77. The molecule has 0 unspecified atom stereocenters. The quantitative estimate of drug-likeness (QED) is 0.750. The summed E-state index contributed by atoms with van der Waals surface area (Å²) < 4.78 is 21.3. The zero-order valence-electron chi connectivity index (χ0n) is 11.9. The normalized spacial score (nSPS) is 11.0. The van der Waals surface area contributed by atoms with E-state index in [1.165, 1.54) is 6.07 Å². The van der Waals surface area contributed by atoms with E-state index in [9.17, 15) is 4.39 Å². The van der Waals surface area contributed by atoms with Crippen molar-refractivity contribution in [3.63, 3.8) is 0 Å². The summed E-state index contributed by atoms with van der Waals surface area (Å²) >= 11 is 0. The Labute approximate surface area is 122 Å². The van der Waals surface area contributed by atoms with Crippen molar-refractivity contribution in [2.45, 2.75) is 13.5 Å². The minimum Gasteiger partial charge on any atom is -0.497 e. The molecule has 0 spiro atoms. The molecule has 0 aliphatic heterocycles. The summed E-state index contributed by atoms with van der Waals surface area (Å²) in [4.78, 5) is 4.55. The highest BCUT2D eigenvalue weighted by Crippen LogP contribution is 2.29. The highest BCUT2D eigenvalue weighted by Gasteiger charge is 2.15. The molecule has 1 aromatic heterocycles. The van der Waals surface area contributed by atoms with Crippen molar-refractivity contribution in [2.24, 2.45) is 0 Å². The summed E-state index contributed by atoms with van der Waals surface area (Å²) in [5, 5.41) is 0. The number of hydrogen-bond donors (Lipinski definition) is 1. The monoisotopic (exact) mass is 285 g/mol. The number of aromatic nitrogens is 2. The summed E-state index contributed by atoms with van der Waals surface area (Å²) in [5.74, 6) is 0.967. The van der Waals surface area contributed by atoms with Gasteiger partial charge >= 0.3 is 0 Å². The molecule has 3 rings (SSSR count). The molecular formula is C16H16FN3O. The molecule has 0 atom stereocenters. The molecule has 5 heteroatoms. The maximum Gasteiger partial charge on any atom is 0.144 e. The average molecular weight is 285 g/mol. The van der Waals surface area contributed by atoms with E-state index in [-0.39, 0.29) is 5.82 Å². The van der Waals surface area contributed by atoms with Gasteiger partial charge in [-0.05, 0) is 37.3 Å². The average Bonchev–Trinajstić information content (AvgIpc) is 2.86. The Morgan fingerprint density at radius 3 is 2.76 bits per heavy atom. The van der Waals surface area contributed by atoms with Gasteiger partial charge in [-0.2, -0.15) is 0 Å². The van der Waals surface area contributed by atoms with E-state index >= 15 is 0 Å². The Morgan fingerprint density at radius 2 is 2.05 bits per heavy atom. The van der Waals surface area contributed by atoms with E-state index in [1.807, 2.05) is 29.7 Å². The Bertz CT molecular complexity index is 811. The lowest BCUT2D eigenvalue weighted by atomic mass is 10.1. The summed E-state index contributed by atoms with van der Waals surface area (Å²) in [7, 11) is 1.61. The Morgan fingerprint density at radius 1 is 1.24 bits per heavy atom. The van der Waals surface area contributed by atoms with Gasteiger partial charge in [-0.25, -0.2) is 9.37 Å². The number of methoxy groups -OCH3 is 1. The van der Waals surface area contributed by atoms with Gasteiger partial charge in [0.25, 0.3) is 0 Å². The van der Waals surface area contributed by atoms with Crippen LogP contribution in [-0.4, -0.2) is 16.7 Å². The van der Waals surface area contributed by atoms with E-state index in [1.54, 1.807) is 19.2 Å². The second-order valence-corrected chi connectivity index (χ2v) is 4.77. The van der Waals surface area contributed by atoms with Crippen LogP contribution >= 0.6 is 0 Å². The molecule has 0 bridgehead atoms. The Balaban J connectivity index is 2.29. The third-order valence-electron chi connectivity index (χ3n) is 3.50. The number of nitrogen functional groups attached to an aromatic ring is 1. The smallest absolute Gasteiger partial charge is 0.144 e. The number of nitrogens with two attached hydrogens (primary N) is 1. The van der Waals surface area contributed by atoms with Crippen LogP contribution in [0.4, 0.5) is 10.1 Å². The van der Waals surface area contributed by atoms with Gasteiger partial charge in [-0.3, -0.25) is 0 Å². The van der Waals surface area contributed by atoms with E-state index in [0.717, 1.165) is 16.8 Å². The molecule has 21 heavy (non-hydrogen) atoms. The molecular weight excluding hydrogens is 269 g/mol. The van der Waals surface area contributed by atoms with Crippen LogP contribution in [0.25, 0.3) is 22.4 Å². The van der Waals surface area contributed by atoms with Gasteiger partial charge in [-0.1, -0.05) is 0 Å². The zero-order chi connectivity index (χ0) is 15.0. The lowest BCUT2D eigenvalue weighted by molar-refractivity contribution is 0.415. The fraction of sp³-hybridized carbons (Fsp3) is 0.188. The SMILES string of the molecule is CCn1c(-c2cc(N)ccc2F)nc2cc(OC)ccc21. The van der Waals surface area contributed by atoms with Crippen molar-refractivity contribution in [1.29, 1.82) is 0 Å². The number of imidazole rings is 1. The van der Waals surface area contributed by atoms with Crippen molar-refractivity contribution in [3.8, 4) is 17.1 Å². The number of hydrogen-bond acceptors (Lipinski definition) is 3. The molecule has 3 aromatic rings. The van der Waals surface area contributed by atoms with Crippen molar-refractivity contribution in [3.05, 3.63) is 42.2 Å². The second kappa shape index (κ2) is 5.09. The largest absolute Gasteiger partial charge is 0.497 e. The van der Waals surface area contributed by atoms with Crippen LogP contribution in [0.5, 0.6) is 5.75 Å². The molecule has 2 aromatic carbocycles. The molecule has 0 aliphatic rings. The van der Waals surface area contributed by atoms with Crippen LogP contribution in [0, 0.1) is 5.82 Å². The van der Waals surface area contributed by atoms with Gasteiger partial charge in [0.05, 0.1) is 23.7 Å². The number of nitrogens with zero attached hydrogens (tertiary/aromatic N) is 2. The number of aryl methyl sites for hydroxylation is 1. The highest BCUT2D eigenvalue weighted by molar-refractivity contribution is 5.82. The van der Waals surface area contributed by atoms with Crippen LogP contribution in [0.1, 0.15) is 6.92 Å². The first-order valence-electron chi connectivity index (χ1n) is 6.73. The number of anilines is 1. The fourth-order valence-electron chi connectivity index (χ4n) is 2.48. The number of benzene rings is 2. The van der Waals surface area contributed by atoms with Crippen molar-refractivity contribution < 1.29 is 9.13 Å². The van der Waals surface area contributed by atoms with Gasteiger partial charge in [0.15, 0.2) is 0 Å². The highest BCUT2D eigenvalue weighted by atomic mass is 19.1. The van der Waals surface area contributed by atoms with Crippen molar-refractivity contribution in [1.82, 2.24) is 9.55 Å². The van der Waals surface area contributed by atoms with Gasteiger partial charge in [0.1, 0.15) is 17.4 Å². The Hall–Kier alpha value is -2.56. The molecule has 4 nitrogen and oxygen atoms in total. The third kappa shape index (κ3) is 2.20. The first-order valence-corrected chi connectivity index (χ1v) is 6.73. The topological polar surface area (TPSA) is 53.1 Å². The first-order chi connectivity index (χ1) is 10.1. The minimum atomic E-state index is -0.332. The van der Waals surface area contributed by atoms with Crippen molar-refractivity contribution in [2.75, 3.05) is 12.8 Å². The fourth-order valence-corrected chi connectivity index (χ4v) is 2.48. The molecule has 0 aliphatic carbocycles. The molecule has 0 amide bonds. The maximum atomic E-state index is 14.1. The molecule has 1 heterocycles. The first kappa shape index (κ1) is 13.4. The predicted molar refractivity (Wildman–Crippen MR) is 81.8 cm³/mol. The maximum absolute atomic E-state index is 14.1. The standard InChI is InChI=1S/C16H16FN3O/c1-3-20-15-7-5-11(21-2)9-14(15)19-16(20)12-8-10(18)4-6-13(12)17/h4-9H,3,18H2,1-2H3. The summed E-state index contributed by atoms with van der Waals surface area (Å²) in [6, 6.07) is 10.2. The Kier molecular flexibility index (Phi) is 3.25. The molecule has 0 radical (unpaired) electrons. The number of fused-ring (bicyclic) bond motifs is 1. The van der Waals surface area contributed by atoms with Crippen LogP contribution < -0.4 is 10.5 Å². The lowest BCUT2D eigenvalue weighted by Gasteiger charge is -2.08. The molecule has 108 valence electrons. The van der Waals surface area contributed by atoms with E-state index in [0.29, 0.717) is 23.6 Å². The van der Waals surface area contributed by atoms with E-state index in [4.69, 9.17) is 10.5 Å². The van der Waals surface area contributed by atoms with Crippen molar-refractivity contribution >= 4 is 16.7 Å². The van der Waals surface area contributed by atoms with Gasteiger partial charge in [0, 0.05) is 18.3 Å². The van der Waals surface area contributed by atoms with E-state index < -0.39 is 0 Å². The molecule has 0 fully saturated rings. The van der Waals surface area contributed by atoms with Crippen LogP contribution in [0.3, 0.4) is 0 Å². The van der Waals surface area contributed by atoms with Crippen LogP contribution in [0.2, 0.25) is 0 Å². The summed E-state index contributed by atoms with van der Waals surface area (Å²) in [6.07, 6.45) is 0. The van der Waals surface area contributed by atoms with Gasteiger partial charge in [-0.15, -0.1) is 0 Å². The lowest BCUT2D eigenvalue weighted by Crippen LogP contribution is -2.00. The van der Waals surface area contributed by atoms with Crippen LogP contribution in [-0.2, 0) is 6.54 Å². The minimum absolute atomic E-state index is 0.332. The summed E-state index contributed by atoms with van der Waals surface area (Å²) in [5.41, 5.74) is 8.41. The van der Waals surface area contributed by atoms with Gasteiger partial charge < -0.3 is 15.0 Å².